The highest BCUT2D eigenvalue weighted by molar-refractivity contribution is 6.34. The van der Waals surface area contributed by atoms with Crippen LogP contribution in [0.25, 0.3) is 0 Å². The zero-order valence-corrected chi connectivity index (χ0v) is 23.4. The highest BCUT2D eigenvalue weighted by Gasteiger charge is 2.78. The van der Waals surface area contributed by atoms with Crippen molar-refractivity contribution in [2.24, 2.45) is 11.8 Å². The number of aliphatic hydroxyl groups excluding tert-OH is 1. The number of likely N-dealkylation sites (tertiary alicyclic amines) is 1. The Morgan fingerprint density at radius 1 is 1.21 bits per heavy atom. The molecule has 212 valence electrons. The molecule has 0 aliphatic carbocycles. The number of anilines is 1. The van der Waals surface area contributed by atoms with Crippen molar-refractivity contribution in [2.75, 3.05) is 31.2 Å². The van der Waals surface area contributed by atoms with Gasteiger partial charge in [-0.1, -0.05) is 48.7 Å². The van der Waals surface area contributed by atoms with Crippen LogP contribution in [0.15, 0.2) is 49.6 Å². The predicted molar refractivity (Wildman–Crippen MR) is 149 cm³/mol. The lowest BCUT2D eigenvalue weighted by molar-refractivity contribution is -0.159. The van der Waals surface area contributed by atoms with E-state index in [0.29, 0.717) is 49.4 Å². The predicted octanol–water partition coefficient (Wildman–Crippen LogP) is 4.30. The molecule has 0 radical (unpaired) electrons. The number of unbranched alkanes of at least 4 members (excludes halogenated alkanes) is 3. The van der Waals surface area contributed by atoms with Gasteiger partial charge in [0.15, 0.2) is 0 Å². The Balaban J connectivity index is 1.72. The largest absolute Gasteiger partial charge is 0.465 e. The van der Waals surface area contributed by atoms with Crippen LogP contribution in [0.3, 0.4) is 0 Å². The number of amides is 2. The maximum atomic E-state index is 14.5. The molecular weight excluding hydrogens is 520 g/mol. The van der Waals surface area contributed by atoms with Crippen molar-refractivity contribution in [3.05, 3.63) is 54.6 Å². The van der Waals surface area contributed by atoms with E-state index >= 15 is 0 Å². The highest BCUT2D eigenvalue weighted by atomic mass is 35.5. The lowest BCUT2D eigenvalue weighted by Gasteiger charge is -2.37. The van der Waals surface area contributed by atoms with E-state index in [1.807, 2.05) is 6.92 Å². The van der Waals surface area contributed by atoms with Gasteiger partial charge in [-0.25, -0.2) is 0 Å². The van der Waals surface area contributed by atoms with Gasteiger partial charge in [-0.2, -0.15) is 0 Å². The van der Waals surface area contributed by atoms with Crippen LogP contribution in [0.4, 0.5) is 5.69 Å². The van der Waals surface area contributed by atoms with E-state index < -0.39 is 35.0 Å². The third kappa shape index (κ3) is 5.26. The number of carbonyl (C=O) groups excluding carboxylic acids is 3. The molecule has 3 fully saturated rings. The molecule has 39 heavy (non-hydrogen) atoms. The van der Waals surface area contributed by atoms with Crippen molar-refractivity contribution < 1.29 is 29.0 Å². The quantitative estimate of drug-likeness (QED) is 0.208. The van der Waals surface area contributed by atoms with Gasteiger partial charge in [0, 0.05) is 19.7 Å². The smallest absolute Gasteiger partial charge is 0.312 e. The van der Waals surface area contributed by atoms with Crippen LogP contribution >= 0.6 is 11.6 Å². The molecule has 3 heterocycles. The maximum Gasteiger partial charge on any atom is 0.312 e. The standard InChI is InChI=1S/C30H39ClN2O6/c1-4-6-20-38-28(37)24-23-26(35)33(18-11-7-8-12-19-34)25(30(23)16-15-29(24,3)39-30)27(36)32(17-5-2)22-14-10-9-13-21(22)31/h4-5,9-10,13-14,23-25,34H,1-2,6-8,11-12,15-20H2,3H3/t23-,24+,25?,29-,30?/m0/s1. The van der Waals surface area contributed by atoms with Gasteiger partial charge in [-0.3, -0.25) is 14.4 Å². The molecule has 4 rings (SSSR count). The Morgan fingerprint density at radius 3 is 2.64 bits per heavy atom. The molecule has 9 heteroatoms. The van der Waals surface area contributed by atoms with Crippen LogP contribution < -0.4 is 4.90 Å². The van der Waals surface area contributed by atoms with Crippen LogP contribution in [0, 0.1) is 11.8 Å². The summed E-state index contributed by atoms with van der Waals surface area (Å²) < 4.78 is 12.2. The minimum atomic E-state index is -1.14. The summed E-state index contributed by atoms with van der Waals surface area (Å²) in [5.41, 5.74) is -1.51. The van der Waals surface area contributed by atoms with Gasteiger partial charge >= 0.3 is 5.97 Å². The summed E-state index contributed by atoms with van der Waals surface area (Å²) in [7, 11) is 0. The lowest BCUT2D eigenvalue weighted by atomic mass is 9.66. The number of para-hydroxylation sites is 1. The lowest BCUT2D eigenvalue weighted by Crippen LogP contribution is -2.56. The number of ether oxygens (including phenoxy) is 2. The number of fused-ring (bicyclic) bond motifs is 1. The molecule has 2 unspecified atom stereocenters. The summed E-state index contributed by atoms with van der Waals surface area (Å²) in [6.07, 6.45) is 7.80. The molecule has 3 saturated heterocycles. The molecule has 1 aromatic rings. The Labute approximate surface area is 235 Å². The van der Waals surface area contributed by atoms with Crippen LogP contribution in [-0.2, 0) is 23.9 Å². The van der Waals surface area contributed by atoms with E-state index in [4.69, 9.17) is 26.2 Å². The fraction of sp³-hybridized carbons (Fsp3) is 0.567. The first-order valence-corrected chi connectivity index (χ1v) is 14.2. The second-order valence-electron chi connectivity index (χ2n) is 10.8. The number of aliphatic hydroxyl groups is 1. The molecule has 2 amide bonds. The maximum absolute atomic E-state index is 14.5. The van der Waals surface area contributed by atoms with E-state index in [1.165, 1.54) is 0 Å². The van der Waals surface area contributed by atoms with E-state index in [1.54, 1.807) is 46.2 Å². The van der Waals surface area contributed by atoms with Crippen LogP contribution in [-0.4, -0.2) is 71.3 Å². The summed E-state index contributed by atoms with van der Waals surface area (Å²) in [4.78, 5) is 45.2. The number of esters is 1. The molecule has 1 spiro atoms. The van der Waals surface area contributed by atoms with Crippen LogP contribution in [0.5, 0.6) is 0 Å². The number of carbonyl (C=O) groups is 3. The van der Waals surface area contributed by atoms with Gasteiger partial charge in [0.2, 0.25) is 5.91 Å². The van der Waals surface area contributed by atoms with E-state index in [9.17, 15) is 14.4 Å². The van der Waals surface area contributed by atoms with E-state index in [0.717, 1.165) is 12.8 Å². The van der Waals surface area contributed by atoms with E-state index in [-0.39, 0.29) is 31.6 Å². The molecule has 0 aromatic heterocycles. The summed E-state index contributed by atoms with van der Waals surface area (Å²) in [5.74, 6) is -2.63. The third-order valence-corrected chi connectivity index (χ3v) is 8.68. The number of halogens is 1. The minimum absolute atomic E-state index is 0.116. The zero-order valence-electron chi connectivity index (χ0n) is 22.6. The average Bonchev–Trinajstić information content (AvgIpc) is 3.48. The summed E-state index contributed by atoms with van der Waals surface area (Å²) in [6, 6.07) is 6.16. The minimum Gasteiger partial charge on any atom is -0.465 e. The number of rotatable bonds is 14. The zero-order chi connectivity index (χ0) is 28.2. The highest BCUT2D eigenvalue weighted by Crippen LogP contribution is 2.63. The number of nitrogens with zero attached hydrogens (tertiary/aromatic N) is 2. The normalized spacial score (nSPS) is 28.8. The molecule has 1 N–H and O–H groups in total. The van der Waals surface area contributed by atoms with Crippen molar-refractivity contribution in [1.82, 2.24) is 4.90 Å². The SMILES string of the molecule is C=CCCOC(=O)[C@H]1[C@H]2C(=O)N(CCCCCCO)C(C(=O)N(CC=C)c3ccccc3Cl)C23CC[C@]1(C)O3. The first kappa shape index (κ1) is 29.3. The average molecular weight is 559 g/mol. The monoisotopic (exact) mass is 558 g/mol. The van der Waals surface area contributed by atoms with E-state index in [2.05, 4.69) is 13.2 Å². The molecule has 3 aliphatic heterocycles. The Bertz CT molecular complexity index is 1110. The fourth-order valence-corrected chi connectivity index (χ4v) is 6.88. The first-order valence-electron chi connectivity index (χ1n) is 13.8. The first-order chi connectivity index (χ1) is 18.8. The molecule has 1 aromatic carbocycles. The van der Waals surface area contributed by atoms with Crippen molar-refractivity contribution in [3.8, 4) is 0 Å². The molecule has 2 bridgehead atoms. The van der Waals surface area contributed by atoms with Gasteiger partial charge in [-0.05, 0) is 51.2 Å². The van der Waals surface area contributed by atoms with Gasteiger partial charge < -0.3 is 24.4 Å². The van der Waals surface area contributed by atoms with Crippen molar-refractivity contribution in [1.29, 1.82) is 0 Å². The van der Waals surface area contributed by atoms with Crippen molar-refractivity contribution in [3.63, 3.8) is 0 Å². The molecule has 3 aliphatic rings. The van der Waals surface area contributed by atoms with Gasteiger partial charge in [0.25, 0.3) is 5.91 Å². The number of hydrogen-bond acceptors (Lipinski definition) is 6. The van der Waals surface area contributed by atoms with Gasteiger partial charge in [-0.15, -0.1) is 13.2 Å². The molecule has 0 saturated carbocycles. The third-order valence-electron chi connectivity index (χ3n) is 8.36. The Kier molecular flexibility index (Phi) is 9.19. The molecule has 5 atom stereocenters. The second kappa shape index (κ2) is 12.2. The summed E-state index contributed by atoms with van der Waals surface area (Å²) in [5, 5.41) is 9.55. The topological polar surface area (TPSA) is 96.4 Å². The van der Waals surface area contributed by atoms with Gasteiger partial charge in [0.05, 0.1) is 28.8 Å². The van der Waals surface area contributed by atoms with Crippen LogP contribution in [0.2, 0.25) is 5.02 Å². The Morgan fingerprint density at radius 2 is 1.95 bits per heavy atom. The molecular formula is C30H39ClN2O6. The number of benzene rings is 1. The van der Waals surface area contributed by atoms with Crippen LogP contribution in [0.1, 0.15) is 51.9 Å². The second-order valence-corrected chi connectivity index (χ2v) is 11.2. The fourth-order valence-electron chi connectivity index (χ4n) is 6.64. The Hall–Kier alpha value is -2.68. The van der Waals surface area contributed by atoms with Crippen molar-refractivity contribution in [2.45, 2.75) is 69.1 Å². The summed E-state index contributed by atoms with van der Waals surface area (Å²) >= 11 is 6.51. The van der Waals surface area contributed by atoms with Crippen molar-refractivity contribution >= 4 is 35.1 Å². The molecule has 8 nitrogen and oxygen atoms in total. The van der Waals surface area contributed by atoms with Gasteiger partial charge in [0.1, 0.15) is 17.6 Å². The number of hydrogen-bond donors (Lipinski definition) is 1. The summed E-state index contributed by atoms with van der Waals surface area (Å²) in [6.45, 7) is 10.2.